The molecule has 2 aromatic rings. The third-order valence-electron chi connectivity index (χ3n) is 4.39. The van der Waals surface area contributed by atoms with Crippen LogP contribution in [0.2, 0.25) is 0 Å². The number of benzene rings is 2. The third-order valence-corrected chi connectivity index (χ3v) is 5.94. The van der Waals surface area contributed by atoms with Gasteiger partial charge in [-0.25, -0.2) is 17.9 Å². The molecule has 0 saturated heterocycles. The van der Waals surface area contributed by atoms with Crippen LogP contribution in [-0.2, 0) is 19.6 Å². The molecule has 0 saturated carbocycles. The average molecular weight is 450 g/mol. The fourth-order valence-electron chi connectivity index (χ4n) is 2.86. The van der Waals surface area contributed by atoms with E-state index < -0.39 is 22.0 Å². The van der Waals surface area contributed by atoms with Crippen LogP contribution in [0.25, 0.3) is 6.08 Å². The summed E-state index contributed by atoms with van der Waals surface area (Å²) in [5.41, 5.74) is 1.19. The normalized spacial score (nSPS) is 12.4. The fraction of sp³-hybridized carbons (Fsp3) is 0.318. The Morgan fingerprint density at radius 3 is 2.32 bits per heavy atom. The smallest absolute Gasteiger partial charge is 0.330 e. The lowest BCUT2D eigenvalue weighted by Gasteiger charge is -2.18. The summed E-state index contributed by atoms with van der Waals surface area (Å²) < 4.78 is 49.6. The van der Waals surface area contributed by atoms with E-state index in [1.54, 1.807) is 37.3 Å². The lowest BCUT2D eigenvalue weighted by Crippen LogP contribution is -2.27. The van der Waals surface area contributed by atoms with Gasteiger partial charge in [0.05, 0.1) is 27.9 Å². The predicted octanol–water partition coefficient (Wildman–Crippen LogP) is 3.33. The highest BCUT2D eigenvalue weighted by atomic mass is 32.2. The summed E-state index contributed by atoms with van der Waals surface area (Å²) in [6.45, 7) is 4.17. The quantitative estimate of drug-likeness (QED) is 0.439. The van der Waals surface area contributed by atoms with E-state index in [0.717, 1.165) is 5.56 Å². The Balaban J connectivity index is 2.40. The van der Waals surface area contributed by atoms with Crippen molar-refractivity contribution in [1.29, 1.82) is 0 Å². The van der Waals surface area contributed by atoms with Gasteiger partial charge in [-0.05, 0) is 55.3 Å². The maximum Gasteiger partial charge on any atom is 0.330 e. The number of carbonyl (C=O) groups excluding carboxylic acids is 1. The summed E-state index contributed by atoms with van der Waals surface area (Å²) >= 11 is 0. The van der Waals surface area contributed by atoms with Crippen molar-refractivity contribution < 1.29 is 32.2 Å². The van der Waals surface area contributed by atoms with E-state index in [4.69, 9.17) is 14.2 Å². The number of rotatable bonds is 10. The first kappa shape index (κ1) is 24.2. The molecule has 0 amide bonds. The highest BCUT2D eigenvalue weighted by Gasteiger charge is 2.26. The number of hydrogen-bond acceptors (Lipinski definition) is 7. The van der Waals surface area contributed by atoms with Crippen LogP contribution in [0.3, 0.4) is 0 Å². The summed E-state index contributed by atoms with van der Waals surface area (Å²) in [5.74, 6) is 0.409. The van der Waals surface area contributed by atoms with Crippen molar-refractivity contribution in [3.63, 3.8) is 0 Å². The van der Waals surface area contributed by atoms with Crippen LogP contribution < -0.4 is 18.9 Å². The van der Waals surface area contributed by atoms with Crippen molar-refractivity contribution in [2.45, 2.75) is 24.8 Å². The minimum Gasteiger partial charge on any atom is -0.494 e. The van der Waals surface area contributed by atoms with Gasteiger partial charge >= 0.3 is 5.97 Å². The molecule has 0 fully saturated rings. The van der Waals surface area contributed by atoms with Gasteiger partial charge < -0.3 is 18.9 Å². The van der Waals surface area contributed by atoms with Crippen LogP contribution in [0.4, 0.5) is 0 Å². The van der Waals surface area contributed by atoms with Gasteiger partial charge in [-0.3, -0.25) is 0 Å². The molecule has 0 spiro atoms. The van der Waals surface area contributed by atoms with Gasteiger partial charge in [0.2, 0.25) is 10.0 Å². The molecule has 1 N–H and O–H groups in total. The average Bonchev–Trinajstić information content (AvgIpc) is 2.76. The maximum absolute atomic E-state index is 13.2. The number of carbonyl (C=O) groups is 1. The van der Waals surface area contributed by atoms with Crippen LogP contribution in [0.15, 0.2) is 47.4 Å². The first-order valence-corrected chi connectivity index (χ1v) is 11.0. The van der Waals surface area contributed by atoms with Gasteiger partial charge in [-0.2, -0.15) is 0 Å². The molecule has 0 aliphatic heterocycles. The molecular weight excluding hydrogens is 422 g/mol. The largest absolute Gasteiger partial charge is 0.494 e. The Morgan fingerprint density at radius 1 is 1.10 bits per heavy atom. The molecule has 8 nitrogen and oxygen atoms in total. The van der Waals surface area contributed by atoms with Gasteiger partial charge in [-0.15, -0.1) is 0 Å². The molecule has 0 aromatic heterocycles. The lowest BCUT2D eigenvalue weighted by atomic mass is 10.1. The second-order valence-corrected chi connectivity index (χ2v) is 8.14. The first-order chi connectivity index (χ1) is 14.7. The number of methoxy groups -OCH3 is 3. The van der Waals surface area contributed by atoms with E-state index in [2.05, 4.69) is 9.46 Å². The number of esters is 1. The third kappa shape index (κ3) is 6.22. The topological polar surface area (TPSA) is 100 Å². The molecule has 2 rings (SSSR count). The van der Waals surface area contributed by atoms with Gasteiger partial charge in [-0.1, -0.05) is 12.1 Å². The summed E-state index contributed by atoms with van der Waals surface area (Å²) in [6.07, 6.45) is 2.62. The predicted molar refractivity (Wildman–Crippen MR) is 117 cm³/mol. The molecule has 1 atom stereocenters. The Bertz CT molecular complexity index is 1030. The second-order valence-electron chi connectivity index (χ2n) is 6.46. The standard InChI is InChI=1S/C22H27NO7S/c1-6-30-18-10-8-17(9-11-18)15(2)23-31(25,26)20-14-16(7-12-21(24)28-4)13-19(27-3)22(20)29-5/h7-15,23H,6H2,1-5H3/b12-7+. The molecule has 0 bridgehead atoms. The van der Waals surface area contributed by atoms with E-state index in [-0.39, 0.29) is 16.4 Å². The van der Waals surface area contributed by atoms with E-state index in [1.807, 2.05) is 6.92 Å². The molecule has 31 heavy (non-hydrogen) atoms. The minimum absolute atomic E-state index is 0.0594. The SMILES string of the molecule is CCOc1ccc(C(C)NS(=O)(=O)c2cc(/C=C/C(=O)OC)cc(OC)c2OC)cc1. The van der Waals surface area contributed by atoms with Gasteiger partial charge in [0, 0.05) is 12.1 Å². The molecule has 0 heterocycles. The number of hydrogen-bond donors (Lipinski definition) is 1. The maximum atomic E-state index is 13.2. The van der Waals surface area contributed by atoms with Gasteiger partial charge in [0.15, 0.2) is 11.5 Å². The van der Waals surface area contributed by atoms with Crippen molar-refractivity contribution in [1.82, 2.24) is 4.72 Å². The molecular formula is C22H27NO7S. The zero-order valence-corrected chi connectivity index (χ0v) is 19.0. The fourth-order valence-corrected chi connectivity index (χ4v) is 4.31. The van der Waals surface area contributed by atoms with Crippen molar-refractivity contribution in [3.05, 3.63) is 53.6 Å². The Kier molecular flexibility index (Phi) is 8.47. The Morgan fingerprint density at radius 2 is 1.77 bits per heavy atom. The van der Waals surface area contributed by atoms with Crippen LogP contribution in [-0.4, -0.2) is 42.3 Å². The van der Waals surface area contributed by atoms with Crippen LogP contribution in [0.1, 0.15) is 31.0 Å². The summed E-state index contributed by atoms with van der Waals surface area (Å²) in [6, 6.07) is 9.60. The van der Waals surface area contributed by atoms with Crippen molar-refractivity contribution in [3.8, 4) is 17.2 Å². The molecule has 9 heteroatoms. The zero-order chi connectivity index (χ0) is 23.0. The minimum atomic E-state index is -4.01. The lowest BCUT2D eigenvalue weighted by molar-refractivity contribution is -0.134. The Labute approximate surface area is 182 Å². The molecule has 2 aromatic carbocycles. The van der Waals surface area contributed by atoms with Gasteiger partial charge in [0.1, 0.15) is 10.6 Å². The molecule has 0 aliphatic rings. The van der Waals surface area contributed by atoms with Crippen LogP contribution in [0, 0.1) is 0 Å². The molecule has 168 valence electrons. The van der Waals surface area contributed by atoms with E-state index >= 15 is 0 Å². The number of ether oxygens (including phenoxy) is 4. The molecule has 0 aliphatic carbocycles. The van der Waals surface area contributed by atoms with Crippen molar-refractivity contribution >= 4 is 22.1 Å². The van der Waals surface area contributed by atoms with Gasteiger partial charge in [0.25, 0.3) is 0 Å². The summed E-state index contributed by atoms with van der Waals surface area (Å²) in [5, 5.41) is 0. The monoisotopic (exact) mass is 449 g/mol. The van der Waals surface area contributed by atoms with E-state index in [9.17, 15) is 13.2 Å². The summed E-state index contributed by atoms with van der Waals surface area (Å²) in [4.78, 5) is 11.3. The van der Waals surface area contributed by atoms with E-state index in [0.29, 0.717) is 17.9 Å². The van der Waals surface area contributed by atoms with Crippen LogP contribution in [0.5, 0.6) is 17.2 Å². The molecule has 0 radical (unpaired) electrons. The highest BCUT2D eigenvalue weighted by Crippen LogP contribution is 2.36. The Hall–Kier alpha value is -3.04. The first-order valence-electron chi connectivity index (χ1n) is 9.52. The van der Waals surface area contributed by atoms with Crippen molar-refractivity contribution in [2.75, 3.05) is 27.9 Å². The number of nitrogens with one attached hydrogen (secondary N) is 1. The highest BCUT2D eigenvalue weighted by molar-refractivity contribution is 7.89. The zero-order valence-electron chi connectivity index (χ0n) is 18.2. The summed E-state index contributed by atoms with van der Waals surface area (Å²) in [7, 11) is 0.00575. The number of sulfonamides is 1. The van der Waals surface area contributed by atoms with Crippen LogP contribution >= 0.6 is 0 Å². The van der Waals surface area contributed by atoms with E-state index in [1.165, 1.54) is 39.5 Å². The van der Waals surface area contributed by atoms with Crippen molar-refractivity contribution in [2.24, 2.45) is 0 Å². The second kappa shape index (κ2) is 10.8. The molecule has 1 unspecified atom stereocenters.